The number of nitrogens with one attached hydrogen (secondary N) is 3. The van der Waals surface area contributed by atoms with Gasteiger partial charge in [0.15, 0.2) is 11.8 Å². The van der Waals surface area contributed by atoms with Crippen molar-refractivity contribution in [2.45, 2.75) is 13.0 Å². The molecule has 4 rings (SSSR count). The van der Waals surface area contributed by atoms with Crippen molar-refractivity contribution in [2.24, 2.45) is 0 Å². The van der Waals surface area contributed by atoms with Crippen molar-refractivity contribution in [1.82, 2.24) is 9.88 Å². The minimum atomic E-state index is -0.589. The minimum absolute atomic E-state index is 0.148. The van der Waals surface area contributed by atoms with Crippen LogP contribution in [0.15, 0.2) is 41.0 Å². The molecule has 1 saturated heterocycles. The number of aromatic amines is 1. The molecule has 0 radical (unpaired) electrons. The predicted molar refractivity (Wildman–Crippen MR) is 120 cm³/mol. The average molecular weight is 455 g/mol. The molecule has 2 aromatic heterocycles. The summed E-state index contributed by atoms with van der Waals surface area (Å²) < 4.78 is 15.5. The van der Waals surface area contributed by atoms with Gasteiger partial charge in [0, 0.05) is 0 Å². The third-order valence-corrected chi connectivity index (χ3v) is 6.07. The number of carbonyl (C=O) groups excluding carboxylic acids is 3. The Morgan fingerprint density at radius 1 is 1.15 bits per heavy atom. The van der Waals surface area contributed by atoms with E-state index in [4.69, 9.17) is 13.9 Å². The summed E-state index contributed by atoms with van der Waals surface area (Å²) in [7, 11) is 2.81. The lowest BCUT2D eigenvalue weighted by atomic mass is 10.1. The number of piperazine rings is 1. The first kappa shape index (κ1) is 22.4. The molecule has 2 amide bonds. The third-order valence-electron chi connectivity index (χ3n) is 6.07. The number of methoxy groups -OCH3 is 2. The molecule has 1 fully saturated rings. The van der Waals surface area contributed by atoms with Gasteiger partial charge in [0.2, 0.25) is 0 Å². The van der Waals surface area contributed by atoms with Crippen LogP contribution in [0.5, 0.6) is 5.75 Å². The largest absolute Gasteiger partial charge is 0.496 e. The van der Waals surface area contributed by atoms with E-state index in [1.165, 1.54) is 20.5 Å². The molecule has 1 aliphatic rings. The molecule has 174 valence electrons. The first-order valence-corrected chi connectivity index (χ1v) is 10.7. The molecule has 10 heteroatoms. The van der Waals surface area contributed by atoms with E-state index in [-0.39, 0.29) is 17.5 Å². The van der Waals surface area contributed by atoms with Gasteiger partial charge >= 0.3 is 5.97 Å². The van der Waals surface area contributed by atoms with Crippen LogP contribution in [-0.2, 0) is 9.53 Å². The number of hydrogen-bond acceptors (Lipinski definition) is 6. The fourth-order valence-corrected chi connectivity index (χ4v) is 4.17. The standard InChI is InChI=1S/C23H26N4O6/c1-14(26-9-11-27(12-10-26)22(29)17-8-5-13-33-17)21(28)25-19-18-15(6-4-7-16(18)31-2)24-20(19)23(30)32-3/h4-8,13-14,24H,9-12H2,1-3H3,(H,25,28)/p+1/t14-/m0/s1. The monoisotopic (exact) mass is 455 g/mol. The maximum Gasteiger partial charge on any atom is 0.356 e. The average Bonchev–Trinajstić information content (AvgIpc) is 3.51. The maximum atomic E-state index is 13.2. The topological polar surface area (TPSA) is 118 Å². The van der Waals surface area contributed by atoms with Gasteiger partial charge in [-0.25, -0.2) is 4.79 Å². The lowest BCUT2D eigenvalue weighted by Crippen LogP contribution is -3.19. The summed E-state index contributed by atoms with van der Waals surface area (Å²) in [4.78, 5) is 43.8. The summed E-state index contributed by atoms with van der Waals surface area (Å²) in [5, 5.41) is 3.51. The zero-order valence-electron chi connectivity index (χ0n) is 18.8. The minimum Gasteiger partial charge on any atom is -0.496 e. The van der Waals surface area contributed by atoms with Gasteiger partial charge in [0.1, 0.15) is 11.4 Å². The predicted octanol–water partition coefficient (Wildman–Crippen LogP) is 0.924. The highest BCUT2D eigenvalue weighted by atomic mass is 16.5. The second-order valence-electron chi connectivity index (χ2n) is 7.89. The van der Waals surface area contributed by atoms with E-state index in [1.807, 2.05) is 6.92 Å². The highest BCUT2D eigenvalue weighted by molar-refractivity contribution is 6.13. The van der Waals surface area contributed by atoms with Crippen molar-refractivity contribution in [1.29, 1.82) is 0 Å². The van der Waals surface area contributed by atoms with Gasteiger partial charge in [0.05, 0.1) is 63.3 Å². The van der Waals surface area contributed by atoms with Gasteiger partial charge < -0.3 is 34.0 Å². The fourth-order valence-electron chi connectivity index (χ4n) is 4.17. The smallest absolute Gasteiger partial charge is 0.356 e. The molecule has 3 aromatic rings. The van der Waals surface area contributed by atoms with Crippen LogP contribution in [0.4, 0.5) is 5.69 Å². The Labute approximate surface area is 190 Å². The van der Waals surface area contributed by atoms with Crippen LogP contribution < -0.4 is 15.0 Å². The summed E-state index contributed by atoms with van der Waals surface area (Å²) in [6.07, 6.45) is 1.48. The Hall–Kier alpha value is -3.79. The van der Waals surface area contributed by atoms with Crippen LogP contribution in [0.3, 0.4) is 0 Å². The Balaban J connectivity index is 1.49. The third kappa shape index (κ3) is 4.29. The number of anilines is 1. The number of furan rings is 1. The van der Waals surface area contributed by atoms with Gasteiger partial charge in [-0.15, -0.1) is 0 Å². The molecular formula is C23H27N4O6+. The summed E-state index contributed by atoms with van der Waals surface area (Å²) in [6, 6.07) is 8.27. The Morgan fingerprint density at radius 3 is 2.55 bits per heavy atom. The molecule has 0 unspecified atom stereocenters. The number of nitrogens with zero attached hydrogens (tertiary/aromatic N) is 1. The SMILES string of the molecule is COC(=O)c1[nH]c2cccc(OC)c2c1NC(=O)[C@H](C)[NH+]1CCN(C(=O)c2ccco2)CC1. The lowest BCUT2D eigenvalue weighted by molar-refractivity contribution is -0.917. The number of ether oxygens (including phenoxy) is 2. The molecule has 0 bridgehead atoms. The second-order valence-corrected chi connectivity index (χ2v) is 7.89. The molecule has 0 saturated carbocycles. The van der Waals surface area contributed by atoms with Gasteiger partial charge in [-0.2, -0.15) is 0 Å². The van der Waals surface area contributed by atoms with E-state index in [0.717, 1.165) is 4.90 Å². The number of quaternary nitrogens is 1. The molecular weight excluding hydrogens is 428 g/mol. The van der Waals surface area contributed by atoms with Crippen LogP contribution >= 0.6 is 0 Å². The van der Waals surface area contributed by atoms with E-state index in [1.54, 1.807) is 35.2 Å². The van der Waals surface area contributed by atoms with Crippen LogP contribution in [0.1, 0.15) is 28.0 Å². The number of amides is 2. The second kappa shape index (κ2) is 9.37. The van der Waals surface area contributed by atoms with E-state index in [0.29, 0.717) is 54.3 Å². The van der Waals surface area contributed by atoms with Crippen molar-refractivity contribution in [3.63, 3.8) is 0 Å². The quantitative estimate of drug-likeness (QED) is 0.476. The normalized spacial score (nSPS) is 15.3. The first-order chi connectivity index (χ1) is 15.9. The summed E-state index contributed by atoms with van der Waals surface area (Å²) in [6.45, 7) is 4.09. The summed E-state index contributed by atoms with van der Waals surface area (Å²) >= 11 is 0. The van der Waals surface area contributed by atoms with E-state index in [9.17, 15) is 14.4 Å². The number of fused-ring (bicyclic) bond motifs is 1. The van der Waals surface area contributed by atoms with Crippen molar-refractivity contribution in [2.75, 3.05) is 45.7 Å². The van der Waals surface area contributed by atoms with Crippen molar-refractivity contribution in [3.8, 4) is 5.75 Å². The number of benzene rings is 1. The van der Waals surface area contributed by atoms with Crippen LogP contribution in [0, 0.1) is 0 Å². The van der Waals surface area contributed by atoms with Gasteiger partial charge in [-0.1, -0.05) is 6.07 Å². The number of aromatic nitrogens is 1. The molecule has 3 heterocycles. The number of hydrogen-bond donors (Lipinski definition) is 3. The van der Waals surface area contributed by atoms with Crippen molar-refractivity contribution in [3.05, 3.63) is 48.0 Å². The van der Waals surface area contributed by atoms with E-state index >= 15 is 0 Å². The molecule has 0 aliphatic carbocycles. The highest BCUT2D eigenvalue weighted by Crippen LogP contribution is 2.35. The van der Waals surface area contributed by atoms with Gasteiger partial charge in [0.25, 0.3) is 11.8 Å². The molecule has 0 spiro atoms. The molecule has 33 heavy (non-hydrogen) atoms. The zero-order valence-corrected chi connectivity index (χ0v) is 18.8. The van der Waals surface area contributed by atoms with E-state index < -0.39 is 12.0 Å². The Bertz CT molecular complexity index is 1160. The molecule has 1 aliphatic heterocycles. The first-order valence-electron chi connectivity index (χ1n) is 10.7. The lowest BCUT2D eigenvalue weighted by Gasteiger charge is -2.34. The molecule has 3 N–H and O–H groups in total. The summed E-state index contributed by atoms with van der Waals surface area (Å²) in [5.41, 5.74) is 1.13. The van der Waals surface area contributed by atoms with Gasteiger partial charge in [-0.05, 0) is 31.2 Å². The van der Waals surface area contributed by atoms with Gasteiger partial charge in [-0.3, -0.25) is 9.59 Å². The Morgan fingerprint density at radius 2 is 1.91 bits per heavy atom. The highest BCUT2D eigenvalue weighted by Gasteiger charge is 2.33. The number of H-pyrrole nitrogens is 1. The zero-order chi connectivity index (χ0) is 23.5. The number of esters is 1. The van der Waals surface area contributed by atoms with Crippen LogP contribution in [0.2, 0.25) is 0 Å². The number of rotatable bonds is 6. The Kier molecular flexibility index (Phi) is 6.36. The van der Waals surface area contributed by atoms with Crippen molar-refractivity contribution < 1.29 is 33.2 Å². The van der Waals surface area contributed by atoms with Crippen LogP contribution in [0.25, 0.3) is 10.9 Å². The molecule has 1 atom stereocenters. The summed E-state index contributed by atoms with van der Waals surface area (Å²) in [5.74, 6) is -0.141. The molecule has 1 aromatic carbocycles. The van der Waals surface area contributed by atoms with E-state index in [2.05, 4.69) is 10.3 Å². The van der Waals surface area contributed by atoms with Crippen LogP contribution in [-0.4, -0.2) is 74.1 Å². The van der Waals surface area contributed by atoms with Crippen molar-refractivity contribution >= 4 is 34.4 Å². The maximum absolute atomic E-state index is 13.2. The fraction of sp³-hybridized carbons (Fsp3) is 0.348. The molecule has 10 nitrogen and oxygen atoms in total. The number of carbonyl (C=O) groups is 3.